The molecule has 4 amide bonds. The van der Waals surface area contributed by atoms with Crippen LogP contribution in [0, 0.1) is 5.82 Å². The summed E-state index contributed by atoms with van der Waals surface area (Å²) in [6, 6.07) is 10.0. The Labute approximate surface area is 192 Å². The maximum atomic E-state index is 14.8. The number of fused-ring (bicyclic) bond motifs is 1. The van der Waals surface area contributed by atoms with Gasteiger partial charge in [0.05, 0.1) is 12.1 Å². The van der Waals surface area contributed by atoms with E-state index in [4.69, 9.17) is 0 Å². The van der Waals surface area contributed by atoms with Crippen molar-refractivity contribution in [2.45, 2.75) is 10.6 Å². The molecule has 33 heavy (non-hydrogen) atoms. The molecule has 2 heterocycles. The van der Waals surface area contributed by atoms with Gasteiger partial charge in [0.2, 0.25) is 5.91 Å². The van der Waals surface area contributed by atoms with Crippen molar-refractivity contribution in [2.75, 3.05) is 22.6 Å². The van der Waals surface area contributed by atoms with Crippen molar-refractivity contribution in [3.05, 3.63) is 70.9 Å². The highest BCUT2D eigenvalue weighted by molar-refractivity contribution is 7.92. The number of hydrogen-bond acceptors (Lipinski definition) is 7. The zero-order valence-corrected chi connectivity index (χ0v) is 18.7. The van der Waals surface area contributed by atoms with Gasteiger partial charge in [0.1, 0.15) is 10.0 Å². The number of carbonyl (C=O) groups excluding carboxylic acids is 3. The molecule has 0 fully saturated rings. The van der Waals surface area contributed by atoms with Gasteiger partial charge in [0, 0.05) is 24.0 Å². The van der Waals surface area contributed by atoms with Gasteiger partial charge in [-0.3, -0.25) is 9.59 Å². The lowest BCUT2D eigenvalue weighted by Gasteiger charge is -2.27. The number of hydrogen-bond donors (Lipinski definition) is 3. The van der Waals surface area contributed by atoms with Crippen molar-refractivity contribution in [3.63, 3.8) is 0 Å². The third-order valence-corrected chi connectivity index (χ3v) is 7.58. The van der Waals surface area contributed by atoms with Crippen LogP contribution in [0.15, 0.2) is 58.1 Å². The van der Waals surface area contributed by atoms with Crippen LogP contribution in [0.3, 0.4) is 0 Å². The minimum absolute atomic E-state index is 0.0524. The maximum absolute atomic E-state index is 14.8. The van der Waals surface area contributed by atoms with Crippen LogP contribution in [0.25, 0.3) is 0 Å². The minimum atomic E-state index is -4.06. The fourth-order valence-electron chi connectivity index (χ4n) is 3.33. The number of rotatable bonds is 5. The number of urea groups is 1. The molecule has 0 unspecified atom stereocenters. The van der Waals surface area contributed by atoms with Crippen LogP contribution in [0.4, 0.5) is 26.2 Å². The Balaban J connectivity index is 1.53. The fraction of sp³-hybridized carbons (Fsp3) is 0.0952. The van der Waals surface area contributed by atoms with E-state index in [1.54, 1.807) is 30.6 Å². The van der Waals surface area contributed by atoms with Gasteiger partial charge in [-0.1, -0.05) is 6.07 Å². The first-order chi connectivity index (χ1) is 15.7. The molecule has 9 nitrogen and oxygen atoms in total. The van der Waals surface area contributed by atoms with Crippen molar-refractivity contribution >= 4 is 56.3 Å². The molecule has 0 saturated carbocycles. The topological polar surface area (TPSA) is 125 Å². The van der Waals surface area contributed by atoms with E-state index >= 15 is 0 Å². The number of benzene rings is 2. The van der Waals surface area contributed by atoms with E-state index in [-0.39, 0.29) is 27.6 Å². The summed E-state index contributed by atoms with van der Waals surface area (Å²) in [4.78, 5) is 38.3. The predicted octanol–water partition coefficient (Wildman–Crippen LogP) is 3.17. The van der Waals surface area contributed by atoms with E-state index in [1.165, 1.54) is 24.3 Å². The van der Waals surface area contributed by atoms with Crippen LogP contribution in [-0.2, 0) is 21.2 Å². The van der Waals surface area contributed by atoms with Crippen molar-refractivity contribution in [1.29, 1.82) is 0 Å². The Morgan fingerprint density at radius 3 is 2.52 bits per heavy atom. The first kappa shape index (κ1) is 22.4. The average molecular weight is 489 g/mol. The highest BCUT2D eigenvalue weighted by atomic mass is 32.2. The summed E-state index contributed by atoms with van der Waals surface area (Å²) in [5.41, 5.74) is 1.23. The van der Waals surface area contributed by atoms with Gasteiger partial charge in [-0.25, -0.2) is 27.2 Å². The molecule has 1 aromatic heterocycles. The molecule has 3 N–H and O–H groups in total. The summed E-state index contributed by atoms with van der Waals surface area (Å²) in [5, 5.41) is 6.69. The molecular formula is C21H17FN4O5S2. The quantitative estimate of drug-likeness (QED) is 0.474. The number of sulfonamides is 1. The molecule has 0 bridgehead atoms. The van der Waals surface area contributed by atoms with E-state index in [0.29, 0.717) is 5.56 Å². The van der Waals surface area contributed by atoms with Gasteiger partial charge < -0.3 is 10.6 Å². The van der Waals surface area contributed by atoms with E-state index in [1.807, 2.05) is 4.72 Å². The largest absolute Gasteiger partial charge is 0.388 e. The smallest absolute Gasteiger partial charge is 0.333 e. The van der Waals surface area contributed by atoms with Crippen LogP contribution in [0.1, 0.15) is 15.9 Å². The highest BCUT2D eigenvalue weighted by Gasteiger charge is 2.34. The average Bonchev–Trinajstić information content (AvgIpc) is 3.30. The Bertz CT molecular complexity index is 1370. The Hall–Kier alpha value is -3.77. The van der Waals surface area contributed by atoms with E-state index < -0.39 is 33.7 Å². The second-order valence-electron chi connectivity index (χ2n) is 6.99. The second kappa shape index (κ2) is 8.64. The van der Waals surface area contributed by atoms with Crippen molar-refractivity contribution in [1.82, 2.24) is 4.72 Å². The first-order valence-electron chi connectivity index (χ1n) is 9.54. The standard InChI is InChI=1S/C21H17FN4O5S2/c1-23-13-4-6-15-12(9-13)10-18(27)26(20(15)28)17-7-5-14(11-16(17)22)24-21(29)25-33(30,31)19-3-2-8-32-19/h2-9,11,23H,10H2,1H3,(H2,24,25,29). The van der Waals surface area contributed by atoms with Crippen molar-refractivity contribution in [2.24, 2.45) is 0 Å². The van der Waals surface area contributed by atoms with Crippen LogP contribution in [0.5, 0.6) is 0 Å². The van der Waals surface area contributed by atoms with Crippen LogP contribution >= 0.6 is 11.3 Å². The Kier molecular flexibility index (Phi) is 5.87. The summed E-state index contributed by atoms with van der Waals surface area (Å²) in [6.45, 7) is 0. The number of halogens is 1. The maximum Gasteiger partial charge on any atom is 0.333 e. The van der Waals surface area contributed by atoms with E-state index in [9.17, 15) is 27.2 Å². The molecule has 170 valence electrons. The summed E-state index contributed by atoms with van der Waals surface area (Å²) < 4.78 is 40.8. The van der Waals surface area contributed by atoms with Gasteiger partial charge in [0.15, 0.2) is 0 Å². The first-order valence-corrected chi connectivity index (χ1v) is 11.9. The van der Waals surface area contributed by atoms with Gasteiger partial charge in [-0.2, -0.15) is 0 Å². The predicted molar refractivity (Wildman–Crippen MR) is 122 cm³/mol. The molecule has 0 aliphatic carbocycles. The van der Waals surface area contributed by atoms with Crippen LogP contribution in [-0.4, -0.2) is 33.3 Å². The van der Waals surface area contributed by atoms with E-state index in [0.717, 1.165) is 28.0 Å². The van der Waals surface area contributed by atoms with Crippen LogP contribution in [0.2, 0.25) is 0 Å². The highest BCUT2D eigenvalue weighted by Crippen LogP contribution is 2.30. The Morgan fingerprint density at radius 2 is 1.85 bits per heavy atom. The van der Waals surface area contributed by atoms with Gasteiger partial charge in [-0.15, -0.1) is 11.3 Å². The van der Waals surface area contributed by atoms with Crippen LogP contribution < -0.4 is 20.3 Å². The normalized spacial score (nSPS) is 13.5. The molecule has 0 spiro atoms. The molecule has 0 radical (unpaired) electrons. The molecule has 12 heteroatoms. The lowest BCUT2D eigenvalue weighted by atomic mass is 9.97. The summed E-state index contributed by atoms with van der Waals surface area (Å²) in [5.74, 6) is -2.20. The zero-order chi connectivity index (χ0) is 23.8. The van der Waals surface area contributed by atoms with Crippen molar-refractivity contribution < 1.29 is 27.2 Å². The van der Waals surface area contributed by atoms with Gasteiger partial charge in [0.25, 0.3) is 15.9 Å². The molecule has 4 rings (SSSR count). The number of nitrogens with zero attached hydrogens (tertiary/aromatic N) is 1. The molecule has 1 aliphatic heterocycles. The lowest BCUT2D eigenvalue weighted by Crippen LogP contribution is -2.43. The number of thiophene rings is 1. The third kappa shape index (κ3) is 4.43. The lowest BCUT2D eigenvalue weighted by molar-refractivity contribution is -0.117. The SMILES string of the molecule is CNc1ccc2c(c1)CC(=O)N(c1ccc(NC(=O)NS(=O)(=O)c3cccs3)cc1F)C2=O. The summed E-state index contributed by atoms with van der Waals surface area (Å²) in [7, 11) is -2.35. The fourth-order valence-corrected chi connectivity index (χ4v) is 5.24. The Morgan fingerprint density at radius 1 is 1.09 bits per heavy atom. The number of amides is 4. The molecule has 3 aromatic rings. The third-order valence-electron chi connectivity index (χ3n) is 4.85. The number of imide groups is 1. The molecule has 1 aliphatic rings. The summed E-state index contributed by atoms with van der Waals surface area (Å²) in [6.07, 6.45) is -0.0843. The van der Waals surface area contributed by atoms with Gasteiger partial charge >= 0.3 is 6.03 Å². The monoisotopic (exact) mass is 488 g/mol. The van der Waals surface area contributed by atoms with Gasteiger partial charge in [-0.05, 0) is 53.4 Å². The molecule has 0 atom stereocenters. The van der Waals surface area contributed by atoms with E-state index in [2.05, 4.69) is 10.6 Å². The number of carbonyl (C=O) groups is 3. The van der Waals surface area contributed by atoms with Crippen molar-refractivity contribution in [3.8, 4) is 0 Å². The number of nitrogens with one attached hydrogen (secondary N) is 3. The summed E-state index contributed by atoms with van der Waals surface area (Å²) >= 11 is 0.933. The molecule has 0 saturated heterocycles. The molecule has 2 aromatic carbocycles. The minimum Gasteiger partial charge on any atom is -0.388 e. The second-order valence-corrected chi connectivity index (χ2v) is 9.85. The zero-order valence-electron chi connectivity index (χ0n) is 17.1. The molecular weight excluding hydrogens is 471 g/mol. The number of anilines is 3.